The summed E-state index contributed by atoms with van der Waals surface area (Å²) in [5.41, 5.74) is -0.638. The number of ketones is 1. The molecule has 4 atom stereocenters. The van der Waals surface area contributed by atoms with Crippen LogP contribution in [0.3, 0.4) is 0 Å². The van der Waals surface area contributed by atoms with Crippen molar-refractivity contribution in [3.05, 3.63) is 12.2 Å². The first-order valence-corrected chi connectivity index (χ1v) is 7.82. The zero-order chi connectivity index (χ0) is 16.1. The first kappa shape index (κ1) is 15.3. The van der Waals surface area contributed by atoms with Gasteiger partial charge < -0.3 is 9.47 Å². The number of carbonyl (C=O) groups is 3. The van der Waals surface area contributed by atoms with Crippen LogP contribution >= 0.6 is 0 Å². The van der Waals surface area contributed by atoms with Crippen LogP contribution in [-0.4, -0.2) is 29.9 Å². The van der Waals surface area contributed by atoms with Crippen LogP contribution in [0, 0.1) is 17.3 Å². The van der Waals surface area contributed by atoms with Crippen LogP contribution < -0.4 is 0 Å². The van der Waals surface area contributed by atoms with Gasteiger partial charge in [-0.05, 0) is 44.9 Å². The van der Waals surface area contributed by atoms with Gasteiger partial charge in [0.2, 0.25) is 0 Å². The molecule has 120 valence electrons. The average molecular weight is 306 g/mol. The van der Waals surface area contributed by atoms with E-state index in [0.29, 0.717) is 24.5 Å². The lowest BCUT2D eigenvalue weighted by molar-refractivity contribution is -0.203. The maximum atomic E-state index is 12.4. The highest BCUT2D eigenvalue weighted by atomic mass is 16.6. The van der Waals surface area contributed by atoms with E-state index in [-0.39, 0.29) is 16.9 Å². The minimum atomic E-state index is -0.593. The van der Waals surface area contributed by atoms with Gasteiger partial charge in [0.25, 0.3) is 0 Å². The summed E-state index contributed by atoms with van der Waals surface area (Å²) in [6.45, 7) is 6.59. The Balaban J connectivity index is 1.65. The monoisotopic (exact) mass is 306 g/mol. The molecule has 4 rings (SSSR count). The molecule has 4 unspecified atom stereocenters. The number of esters is 2. The van der Waals surface area contributed by atoms with E-state index in [2.05, 4.69) is 6.58 Å². The molecular formula is C17H22O5. The van der Waals surface area contributed by atoms with Crippen LogP contribution in [0.25, 0.3) is 0 Å². The molecule has 5 nitrogen and oxygen atoms in total. The van der Waals surface area contributed by atoms with E-state index in [1.165, 1.54) is 6.92 Å². The van der Waals surface area contributed by atoms with Gasteiger partial charge >= 0.3 is 11.9 Å². The molecule has 4 fully saturated rings. The third kappa shape index (κ3) is 2.46. The lowest BCUT2D eigenvalue weighted by Gasteiger charge is -2.58. The fraction of sp³-hybridized carbons (Fsp3) is 0.706. The van der Waals surface area contributed by atoms with Gasteiger partial charge in [0.1, 0.15) is 11.4 Å². The molecule has 0 heterocycles. The van der Waals surface area contributed by atoms with Gasteiger partial charge in [0.05, 0.1) is 0 Å². The summed E-state index contributed by atoms with van der Waals surface area (Å²) in [4.78, 5) is 35.8. The van der Waals surface area contributed by atoms with Crippen molar-refractivity contribution < 1.29 is 23.9 Å². The van der Waals surface area contributed by atoms with Gasteiger partial charge in [-0.15, -0.1) is 0 Å². The SMILES string of the molecule is C=C(C)C(=O)OCC(=O)OC12CC3CC(C1)C(=O)C(C)(C3)C2. The highest BCUT2D eigenvalue weighted by Gasteiger charge is 2.62. The van der Waals surface area contributed by atoms with E-state index in [4.69, 9.17) is 9.47 Å². The van der Waals surface area contributed by atoms with Crippen molar-refractivity contribution in [3.8, 4) is 0 Å². The molecule has 0 N–H and O–H groups in total. The molecule has 5 heteroatoms. The first-order chi connectivity index (χ1) is 10.2. The Morgan fingerprint density at radius 3 is 2.68 bits per heavy atom. The lowest BCUT2D eigenvalue weighted by Crippen LogP contribution is -2.61. The molecule has 4 aliphatic rings. The molecule has 0 aromatic heterocycles. The molecule has 0 amide bonds. The van der Waals surface area contributed by atoms with Gasteiger partial charge in [0, 0.05) is 16.9 Å². The molecule has 0 aromatic rings. The Hall–Kier alpha value is -1.65. The largest absolute Gasteiger partial charge is 0.456 e. The van der Waals surface area contributed by atoms with Crippen molar-refractivity contribution in [2.24, 2.45) is 17.3 Å². The van der Waals surface area contributed by atoms with Crippen LogP contribution in [0.2, 0.25) is 0 Å². The molecule has 0 saturated heterocycles. The van der Waals surface area contributed by atoms with E-state index in [9.17, 15) is 14.4 Å². The second-order valence-corrected chi connectivity index (χ2v) is 7.53. The van der Waals surface area contributed by atoms with Crippen LogP contribution in [0.1, 0.15) is 46.0 Å². The summed E-state index contributed by atoms with van der Waals surface area (Å²) in [6, 6.07) is 0. The van der Waals surface area contributed by atoms with Crippen LogP contribution in [-0.2, 0) is 23.9 Å². The molecule has 4 bridgehead atoms. The third-order valence-electron chi connectivity index (χ3n) is 5.31. The third-order valence-corrected chi connectivity index (χ3v) is 5.31. The number of Topliss-reactive ketones (excluding diaryl/α,β-unsaturated/α-hetero) is 1. The van der Waals surface area contributed by atoms with Crippen molar-refractivity contribution >= 4 is 17.7 Å². The second-order valence-electron chi connectivity index (χ2n) is 7.53. The molecule has 0 spiro atoms. The van der Waals surface area contributed by atoms with E-state index >= 15 is 0 Å². The summed E-state index contributed by atoms with van der Waals surface area (Å²) in [6.07, 6.45) is 3.89. The molecule has 22 heavy (non-hydrogen) atoms. The zero-order valence-electron chi connectivity index (χ0n) is 13.1. The smallest absolute Gasteiger partial charge is 0.344 e. The maximum Gasteiger partial charge on any atom is 0.344 e. The van der Waals surface area contributed by atoms with Crippen molar-refractivity contribution in [3.63, 3.8) is 0 Å². The number of hydrogen-bond acceptors (Lipinski definition) is 5. The summed E-state index contributed by atoms with van der Waals surface area (Å²) < 4.78 is 10.5. The standard InChI is InChI=1S/C17H22O5/c1-10(2)15(20)21-8-13(18)22-17-6-11-4-12(7-17)14(19)16(3,5-11)9-17/h11-12H,1,4-9H2,2-3H3. The second kappa shape index (κ2) is 4.93. The predicted molar refractivity (Wildman–Crippen MR) is 77.8 cm³/mol. The summed E-state index contributed by atoms with van der Waals surface area (Å²) in [5, 5.41) is 0. The van der Waals surface area contributed by atoms with Crippen molar-refractivity contribution in [2.75, 3.05) is 6.61 Å². The topological polar surface area (TPSA) is 69.7 Å². The van der Waals surface area contributed by atoms with Gasteiger partial charge in [-0.2, -0.15) is 0 Å². The Morgan fingerprint density at radius 2 is 2.05 bits per heavy atom. The Morgan fingerprint density at radius 1 is 1.32 bits per heavy atom. The highest BCUT2D eigenvalue weighted by molar-refractivity contribution is 5.90. The van der Waals surface area contributed by atoms with Crippen LogP contribution in [0.4, 0.5) is 0 Å². The predicted octanol–water partition coefficient (Wildman–Crippen LogP) is 2.19. The van der Waals surface area contributed by atoms with E-state index in [1.54, 1.807) is 0 Å². The maximum absolute atomic E-state index is 12.4. The lowest BCUT2D eigenvalue weighted by atomic mass is 9.48. The van der Waals surface area contributed by atoms with Gasteiger partial charge in [-0.1, -0.05) is 13.5 Å². The minimum absolute atomic E-state index is 0.0250. The van der Waals surface area contributed by atoms with Gasteiger partial charge in [0.15, 0.2) is 6.61 Å². The average Bonchev–Trinajstić information content (AvgIpc) is 2.40. The number of carbonyl (C=O) groups excluding carboxylic acids is 3. The molecule has 4 aliphatic carbocycles. The molecule has 0 aliphatic heterocycles. The van der Waals surface area contributed by atoms with Crippen LogP contribution in [0.15, 0.2) is 12.2 Å². The Bertz CT molecular complexity index is 565. The zero-order valence-corrected chi connectivity index (χ0v) is 13.1. The number of rotatable bonds is 4. The number of ether oxygens (including phenoxy) is 2. The quantitative estimate of drug-likeness (QED) is 0.588. The van der Waals surface area contributed by atoms with Crippen molar-refractivity contribution in [1.29, 1.82) is 0 Å². The minimum Gasteiger partial charge on any atom is -0.456 e. The molecule has 4 saturated carbocycles. The highest BCUT2D eigenvalue weighted by Crippen LogP contribution is 2.60. The first-order valence-electron chi connectivity index (χ1n) is 7.82. The van der Waals surface area contributed by atoms with E-state index < -0.39 is 24.1 Å². The van der Waals surface area contributed by atoms with Gasteiger partial charge in [-0.25, -0.2) is 9.59 Å². The normalized spacial score (nSPS) is 38.7. The Kier molecular flexibility index (Phi) is 3.42. The summed E-state index contributed by atoms with van der Waals surface area (Å²) >= 11 is 0. The van der Waals surface area contributed by atoms with E-state index in [1.807, 2.05) is 6.92 Å². The summed E-state index contributed by atoms with van der Waals surface area (Å²) in [7, 11) is 0. The summed E-state index contributed by atoms with van der Waals surface area (Å²) in [5.74, 6) is -0.306. The van der Waals surface area contributed by atoms with Crippen molar-refractivity contribution in [2.45, 2.75) is 51.6 Å². The van der Waals surface area contributed by atoms with Gasteiger partial charge in [-0.3, -0.25) is 4.79 Å². The fourth-order valence-electron chi connectivity index (χ4n) is 4.87. The van der Waals surface area contributed by atoms with Crippen LogP contribution in [0.5, 0.6) is 0 Å². The molecule has 0 aromatic carbocycles. The Labute approximate surface area is 130 Å². The number of hydrogen-bond donors (Lipinski definition) is 0. The van der Waals surface area contributed by atoms with E-state index in [0.717, 1.165) is 19.3 Å². The molecule has 0 radical (unpaired) electrons. The van der Waals surface area contributed by atoms with Crippen molar-refractivity contribution in [1.82, 2.24) is 0 Å². The molecular weight excluding hydrogens is 284 g/mol. The fourth-order valence-corrected chi connectivity index (χ4v) is 4.87.